The molecule has 0 bridgehead atoms. The molecule has 110 valence electrons. The van der Waals surface area contributed by atoms with E-state index in [1.54, 1.807) is 0 Å². The summed E-state index contributed by atoms with van der Waals surface area (Å²) in [5, 5.41) is 0. The van der Waals surface area contributed by atoms with Gasteiger partial charge in [0, 0.05) is 51.9 Å². The average Bonchev–Trinajstić information content (AvgIpc) is 2.49. The van der Waals surface area contributed by atoms with Crippen LogP contribution in [-0.2, 0) is 4.74 Å². The molecular formula is C15H29N3O. The lowest BCUT2D eigenvalue weighted by atomic mass is 10.0. The van der Waals surface area contributed by atoms with Crippen LogP contribution in [0.15, 0.2) is 0 Å². The molecule has 4 heteroatoms. The molecule has 3 heterocycles. The van der Waals surface area contributed by atoms with Crippen molar-refractivity contribution in [1.29, 1.82) is 0 Å². The van der Waals surface area contributed by atoms with Gasteiger partial charge in [-0.1, -0.05) is 0 Å². The first kappa shape index (κ1) is 13.8. The van der Waals surface area contributed by atoms with Gasteiger partial charge in [0.1, 0.15) is 6.23 Å². The Morgan fingerprint density at radius 2 is 1.53 bits per heavy atom. The zero-order chi connectivity index (χ0) is 13.1. The van der Waals surface area contributed by atoms with Crippen molar-refractivity contribution in [2.45, 2.75) is 44.4 Å². The number of likely N-dealkylation sites (tertiary alicyclic amines) is 1. The van der Waals surface area contributed by atoms with Crippen LogP contribution in [0, 0.1) is 0 Å². The first-order valence-corrected chi connectivity index (χ1v) is 8.11. The molecule has 0 aromatic carbocycles. The number of likely N-dealkylation sites (N-methyl/N-ethyl adjacent to an activating group) is 1. The van der Waals surface area contributed by atoms with Gasteiger partial charge >= 0.3 is 0 Å². The third-order valence-corrected chi connectivity index (χ3v) is 5.12. The van der Waals surface area contributed by atoms with Crippen molar-refractivity contribution in [3.63, 3.8) is 0 Å². The van der Waals surface area contributed by atoms with Crippen molar-refractivity contribution in [2.24, 2.45) is 0 Å². The Morgan fingerprint density at radius 1 is 0.789 bits per heavy atom. The van der Waals surface area contributed by atoms with Gasteiger partial charge in [-0.25, -0.2) is 0 Å². The van der Waals surface area contributed by atoms with Gasteiger partial charge in [0.05, 0.1) is 0 Å². The van der Waals surface area contributed by atoms with Gasteiger partial charge in [0.2, 0.25) is 0 Å². The van der Waals surface area contributed by atoms with Gasteiger partial charge in [-0.05, 0) is 39.2 Å². The summed E-state index contributed by atoms with van der Waals surface area (Å²) in [7, 11) is 2.24. The van der Waals surface area contributed by atoms with Gasteiger partial charge in [-0.2, -0.15) is 0 Å². The second-order valence-electron chi connectivity index (χ2n) is 6.43. The molecule has 3 rings (SSSR count). The number of rotatable bonds is 2. The summed E-state index contributed by atoms with van der Waals surface area (Å²) in [5.74, 6) is 0. The Balaban J connectivity index is 1.44. The minimum atomic E-state index is 0.433. The molecule has 0 saturated carbocycles. The number of hydrogen-bond acceptors (Lipinski definition) is 4. The lowest BCUT2D eigenvalue weighted by molar-refractivity contribution is -0.0990. The molecule has 0 amide bonds. The van der Waals surface area contributed by atoms with Crippen molar-refractivity contribution >= 4 is 0 Å². The molecule has 0 N–H and O–H groups in total. The summed E-state index contributed by atoms with van der Waals surface area (Å²) >= 11 is 0. The van der Waals surface area contributed by atoms with E-state index >= 15 is 0 Å². The van der Waals surface area contributed by atoms with E-state index in [0.29, 0.717) is 6.23 Å². The number of piperidine rings is 1. The monoisotopic (exact) mass is 267 g/mol. The smallest absolute Gasteiger partial charge is 0.110 e. The molecule has 4 nitrogen and oxygen atoms in total. The van der Waals surface area contributed by atoms with Crippen molar-refractivity contribution in [2.75, 3.05) is 52.9 Å². The first-order valence-electron chi connectivity index (χ1n) is 8.11. The van der Waals surface area contributed by atoms with Crippen LogP contribution in [0.3, 0.4) is 0 Å². The minimum Gasteiger partial charge on any atom is -0.363 e. The van der Waals surface area contributed by atoms with E-state index < -0.39 is 0 Å². The highest BCUT2D eigenvalue weighted by Gasteiger charge is 2.30. The van der Waals surface area contributed by atoms with E-state index in [9.17, 15) is 0 Å². The van der Waals surface area contributed by atoms with E-state index in [0.717, 1.165) is 12.6 Å². The second kappa shape index (κ2) is 6.53. The van der Waals surface area contributed by atoms with Crippen LogP contribution in [0.4, 0.5) is 0 Å². The molecule has 0 aromatic heterocycles. The van der Waals surface area contributed by atoms with Gasteiger partial charge in [0.25, 0.3) is 0 Å². The Bertz CT molecular complexity index is 265. The summed E-state index contributed by atoms with van der Waals surface area (Å²) in [4.78, 5) is 7.76. The molecule has 3 fully saturated rings. The zero-order valence-corrected chi connectivity index (χ0v) is 12.4. The molecule has 3 aliphatic rings. The van der Waals surface area contributed by atoms with Gasteiger partial charge in [-0.15, -0.1) is 0 Å². The Kier molecular flexibility index (Phi) is 4.74. The van der Waals surface area contributed by atoms with Crippen LogP contribution >= 0.6 is 0 Å². The standard InChI is InChI=1S/C15H29N3O/c1-16-9-11-17(12-10-16)14-5-7-18(8-6-14)15-4-2-3-13-19-15/h14-15H,2-13H2,1H3. The predicted molar refractivity (Wildman–Crippen MR) is 77.3 cm³/mol. The van der Waals surface area contributed by atoms with Crippen LogP contribution in [-0.4, -0.2) is 79.9 Å². The van der Waals surface area contributed by atoms with Crippen molar-refractivity contribution in [1.82, 2.24) is 14.7 Å². The van der Waals surface area contributed by atoms with E-state index in [2.05, 4.69) is 21.7 Å². The third kappa shape index (κ3) is 3.48. The first-order chi connectivity index (χ1) is 9.33. The van der Waals surface area contributed by atoms with E-state index in [4.69, 9.17) is 4.74 Å². The molecule has 0 spiro atoms. The fraction of sp³-hybridized carbons (Fsp3) is 1.00. The molecular weight excluding hydrogens is 238 g/mol. The van der Waals surface area contributed by atoms with Gasteiger partial charge < -0.3 is 9.64 Å². The minimum absolute atomic E-state index is 0.433. The molecule has 1 atom stereocenters. The quantitative estimate of drug-likeness (QED) is 0.749. The van der Waals surface area contributed by atoms with Gasteiger partial charge in [-0.3, -0.25) is 9.80 Å². The van der Waals surface area contributed by atoms with Crippen LogP contribution in [0.25, 0.3) is 0 Å². The largest absolute Gasteiger partial charge is 0.363 e. The van der Waals surface area contributed by atoms with E-state index in [1.165, 1.54) is 71.4 Å². The molecule has 0 aliphatic carbocycles. The summed E-state index contributed by atoms with van der Waals surface area (Å²) in [5.41, 5.74) is 0. The molecule has 0 radical (unpaired) electrons. The fourth-order valence-electron chi connectivity index (χ4n) is 3.74. The summed E-state index contributed by atoms with van der Waals surface area (Å²) in [6.45, 7) is 8.46. The highest BCUT2D eigenvalue weighted by atomic mass is 16.5. The summed E-state index contributed by atoms with van der Waals surface area (Å²) in [6, 6.07) is 0.827. The zero-order valence-electron chi connectivity index (χ0n) is 12.4. The lowest BCUT2D eigenvalue weighted by Crippen LogP contribution is -2.54. The van der Waals surface area contributed by atoms with Crippen LogP contribution in [0.1, 0.15) is 32.1 Å². The molecule has 1 unspecified atom stereocenters. The molecule has 3 aliphatic heterocycles. The summed E-state index contributed by atoms with van der Waals surface area (Å²) < 4.78 is 5.92. The second-order valence-corrected chi connectivity index (χ2v) is 6.43. The number of ether oxygens (including phenoxy) is 1. The Hall–Kier alpha value is -0.160. The average molecular weight is 267 g/mol. The maximum Gasteiger partial charge on any atom is 0.110 e. The van der Waals surface area contributed by atoms with Crippen molar-refractivity contribution < 1.29 is 4.74 Å². The molecule has 0 aromatic rings. The molecule has 3 saturated heterocycles. The van der Waals surface area contributed by atoms with Crippen LogP contribution in [0.2, 0.25) is 0 Å². The lowest BCUT2D eigenvalue weighted by Gasteiger charge is -2.44. The Labute approximate surface area is 117 Å². The highest BCUT2D eigenvalue weighted by Crippen LogP contribution is 2.23. The highest BCUT2D eigenvalue weighted by molar-refractivity contribution is 4.84. The number of piperazine rings is 1. The maximum absolute atomic E-state index is 5.92. The normalized spacial score (nSPS) is 33.6. The summed E-state index contributed by atoms with van der Waals surface area (Å²) in [6.07, 6.45) is 6.96. The SMILES string of the molecule is CN1CCN(C2CCN(C3CCCCO3)CC2)CC1. The number of nitrogens with zero attached hydrogens (tertiary/aromatic N) is 3. The maximum atomic E-state index is 5.92. The van der Waals surface area contributed by atoms with Crippen molar-refractivity contribution in [3.8, 4) is 0 Å². The van der Waals surface area contributed by atoms with Crippen LogP contribution in [0.5, 0.6) is 0 Å². The number of hydrogen-bond donors (Lipinski definition) is 0. The van der Waals surface area contributed by atoms with E-state index in [1.807, 2.05) is 0 Å². The Morgan fingerprint density at radius 3 is 2.16 bits per heavy atom. The third-order valence-electron chi connectivity index (χ3n) is 5.12. The predicted octanol–water partition coefficient (Wildman–Crippen LogP) is 1.22. The van der Waals surface area contributed by atoms with Gasteiger partial charge in [0.15, 0.2) is 0 Å². The fourth-order valence-corrected chi connectivity index (χ4v) is 3.74. The van der Waals surface area contributed by atoms with E-state index in [-0.39, 0.29) is 0 Å². The van der Waals surface area contributed by atoms with Crippen molar-refractivity contribution in [3.05, 3.63) is 0 Å². The topological polar surface area (TPSA) is 19.0 Å². The molecule has 19 heavy (non-hydrogen) atoms. The van der Waals surface area contributed by atoms with Crippen LogP contribution < -0.4 is 0 Å².